The Balaban J connectivity index is 2.05. The molecular formula is C22H18O2. The Morgan fingerprint density at radius 1 is 0.750 bits per heavy atom. The third-order valence-corrected chi connectivity index (χ3v) is 4.08. The normalized spacial score (nSPS) is 12.0. The molecule has 3 aromatic rings. The summed E-state index contributed by atoms with van der Waals surface area (Å²) in [7, 11) is 0. The first-order valence-corrected chi connectivity index (χ1v) is 8.17. The minimum absolute atomic E-state index is 0.610. The van der Waals surface area contributed by atoms with Crippen LogP contribution in [0.3, 0.4) is 0 Å². The zero-order chi connectivity index (χ0) is 16.4. The van der Waals surface area contributed by atoms with E-state index in [1.807, 2.05) is 61.5 Å². The second-order valence-corrected chi connectivity index (χ2v) is 5.60. The number of para-hydroxylation sites is 2. The predicted octanol–water partition coefficient (Wildman–Crippen LogP) is 5.75. The minimum atomic E-state index is 0.610. The Kier molecular flexibility index (Phi) is 3.80. The van der Waals surface area contributed by atoms with Crippen LogP contribution in [0, 0.1) is 0 Å². The lowest BCUT2D eigenvalue weighted by Crippen LogP contribution is -2.06. The van der Waals surface area contributed by atoms with Crippen LogP contribution in [0.2, 0.25) is 0 Å². The summed E-state index contributed by atoms with van der Waals surface area (Å²) in [6.45, 7) is 2.62. The Hall–Kier alpha value is -3.00. The Bertz CT molecular complexity index is 847. The second kappa shape index (κ2) is 6.25. The molecule has 3 aromatic carbocycles. The molecule has 0 spiro atoms. The average molecular weight is 314 g/mol. The Morgan fingerprint density at radius 2 is 1.29 bits per heavy atom. The van der Waals surface area contributed by atoms with E-state index in [9.17, 15) is 0 Å². The molecule has 1 heterocycles. The number of hydrogen-bond acceptors (Lipinski definition) is 2. The fourth-order valence-corrected chi connectivity index (χ4v) is 3.07. The zero-order valence-corrected chi connectivity index (χ0v) is 13.5. The highest BCUT2D eigenvalue weighted by Gasteiger charge is 2.25. The van der Waals surface area contributed by atoms with Crippen molar-refractivity contribution in [2.24, 2.45) is 0 Å². The van der Waals surface area contributed by atoms with Crippen LogP contribution in [0.25, 0.3) is 11.3 Å². The number of ether oxygens (including phenoxy) is 2. The molecule has 0 saturated carbocycles. The summed E-state index contributed by atoms with van der Waals surface area (Å²) in [5.41, 5.74) is 4.27. The standard InChI is InChI=1S/C22H18O2/c1-2-23-22(16-10-4-3-5-11-16)21-17-12-6-8-14-19(17)24-20-15-9-7-13-18(20)21/h3-15H,2H2,1H3. The van der Waals surface area contributed by atoms with Gasteiger partial charge in [-0.25, -0.2) is 0 Å². The molecule has 1 aliphatic rings. The van der Waals surface area contributed by atoms with Gasteiger partial charge in [-0.1, -0.05) is 66.7 Å². The summed E-state index contributed by atoms with van der Waals surface area (Å²) in [4.78, 5) is 0. The molecule has 2 heteroatoms. The summed E-state index contributed by atoms with van der Waals surface area (Å²) in [5.74, 6) is 2.61. The molecule has 0 N–H and O–H groups in total. The molecule has 0 radical (unpaired) electrons. The maximum Gasteiger partial charge on any atom is 0.135 e. The molecule has 1 aliphatic heterocycles. The summed E-state index contributed by atoms with van der Waals surface area (Å²) in [6, 6.07) is 26.5. The van der Waals surface area contributed by atoms with Gasteiger partial charge in [-0.2, -0.15) is 0 Å². The third kappa shape index (κ3) is 2.46. The van der Waals surface area contributed by atoms with Crippen LogP contribution in [0.5, 0.6) is 11.5 Å². The van der Waals surface area contributed by atoms with Crippen LogP contribution in [0.1, 0.15) is 23.6 Å². The lowest BCUT2D eigenvalue weighted by molar-refractivity contribution is 0.299. The molecule has 0 bridgehead atoms. The fraction of sp³-hybridized carbons (Fsp3) is 0.0909. The molecule has 0 atom stereocenters. The summed E-state index contributed by atoms with van der Waals surface area (Å²) < 4.78 is 12.2. The summed E-state index contributed by atoms with van der Waals surface area (Å²) >= 11 is 0. The molecule has 0 aromatic heterocycles. The summed E-state index contributed by atoms with van der Waals surface area (Å²) in [6.07, 6.45) is 0. The highest BCUT2D eigenvalue weighted by atomic mass is 16.5. The summed E-state index contributed by atoms with van der Waals surface area (Å²) in [5, 5.41) is 0. The topological polar surface area (TPSA) is 18.5 Å². The van der Waals surface area contributed by atoms with E-state index >= 15 is 0 Å². The van der Waals surface area contributed by atoms with Gasteiger partial charge in [0.1, 0.15) is 17.3 Å². The van der Waals surface area contributed by atoms with Gasteiger partial charge in [-0.05, 0) is 19.1 Å². The highest BCUT2D eigenvalue weighted by Crippen LogP contribution is 2.46. The van der Waals surface area contributed by atoms with Crippen molar-refractivity contribution >= 4 is 11.3 Å². The van der Waals surface area contributed by atoms with Crippen molar-refractivity contribution in [2.45, 2.75) is 6.92 Å². The lowest BCUT2D eigenvalue weighted by Gasteiger charge is -2.25. The van der Waals surface area contributed by atoms with Crippen LogP contribution < -0.4 is 4.74 Å². The number of hydrogen-bond donors (Lipinski definition) is 0. The molecule has 4 rings (SSSR count). The number of fused-ring (bicyclic) bond motifs is 2. The molecule has 0 aliphatic carbocycles. The quantitative estimate of drug-likeness (QED) is 0.449. The maximum absolute atomic E-state index is 6.11. The molecule has 118 valence electrons. The monoisotopic (exact) mass is 314 g/mol. The van der Waals surface area contributed by atoms with E-state index < -0.39 is 0 Å². The van der Waals surface area contributed by atoms with Crippen LogP contribution >= 0.6 is 0 Å². The van der Waals surface area contributed by atoms with Gasteiger partial charge in [0.25, 0.3) is 0 Å². The molecular weight excluding hydrogens is 296 g/mol. The van der Waals surface area contributed by atoms with Crippen molar-refractivity contribution in [3.8, 4) is 11.5 Å². The van der Waals surface area contributed by atoms with Crippen molar-refractivity contribution in [2.75, 3.05) is 6.61 Å². The smallest absolute Gasteiger partial charge is 0.135 e. The zero-order valence-electron chi connectivity index (χ0n) is 13.5. The first-order valence-electron chi connectivity index (χ1n) is 8.17. The van der Waals surface area contributed by atoms with Crippen LogP contribution in [0.15, 0.2) is 78.9 Å². The van der Waals surface area contributed by atoms with Crippen molar-refractivity contribution in [1.82, 2.24) is 0 Å². The van der Waals surface area contributed by atoms with Crippen molar-refractivity contribution < 1.29 is 9.47 Å². The molecule has 0 amide bonds. The first kappa shape index (κ1) is 14.6. The molecule has 24 heavy (non-hydrogen) atoms. The lowest BCUT2D eigenvalue weighted by atomic mass is 9.91. The molecule has 0 fully saturated rings. The molecule has 0 unspecified atom stereocenters. The second-order valence-electron chi connectivity index (χ2n) is 5.60. The van der Waals surface area contributed by atoms with E-state index in [0.29, 0.717) is 6.61 Å². The Morgan fingerprint density at radius 3 is 1.88 bits per heavy atom. The first-order chi connectivity index (χ1) is 11.9. The third-order valence-electron chi connectivity index (χ3n) is 4.08. The number of rotatable bonds is 3. The predicted molar refractivity (Wildman–Crippen MR) is 96.9 cm³/mol. The van der Waals surface area contributed by atoms with Gasteiger partial charge in [-0.15, -0.1) is 0 Å². The van der Waals surface area contributed by atoms with Gasteiger partial charge in [0, 0.05) is 22.3 Å². The van der Waals surface area contributed by atoms with E-state index in [1.54, 1.807) is 0 Å². The fourth-order valence-electron chi connectivity index (χ4n) is 3.07. The van der Waals surface area contributed by atoms with Crippen molar-refractivity contribution in [3.05, 3.63) is 95.6 Å². The van der Waals surface area contributed by atoms with Gasteiger partial charge < -0.3 is 9.47 Å². The minimum Gasteiger partial charge on any atom is -0.493 e. The van der Waals surface area contributed by atoms with Crippen LogP contribution in [-0.4, -0.2) is 6.61 Å². The van der Waals surface area contributed by atoms with Crippen LogP contribution in [-0.2, 0) is 4.74 Å². The SMILES string of the molecule is CCOC(=C1c2ccccc2Oc2ccccc21)c1ccccc1. The molecule has 2 nitrogen and oxygen atoms in total. The van der Waals surface area contributed by atoms with Crippen molar-refractivity contribution in [1.29, 1.82) is 0 Å². The van der Waals surface area contributed by atoms with E-state index in [0.717, 1.165) is 39.5 Å². The van der Waals surface area contributed by atoms with Gasteiger partial charge in [0.2, 0.25) is 0 Å². The van der Waals surface area contributed by atoms with Gasteiger partial charge in [0.05, 0.1) is 6.61 Å². The van der Waals surface area contributed by atoms with Gasteiger partial charge >= 0.3 is 0 Å². The van der Waals surface area contributed by atoms with E-state index in [4.69, 9.17) is 9.47 Å². The molecule has 0 saturated heterocycles. The number of benzene rings is 3. The average Bonchev–Trinajstić information content (AvgIpc) is 2.65. The van der Waals surface area contributed by atoms with Gasteiger partial charge in [-0.3, -0.25) is 0 Å². The van der Waals surface area contributed by atoms with Crippen LogP contribution in [0.4, 0.5) is 0 Å². The van der Waals surface area contributed by atoms with Gasteiger partial charge in [0.15, 0.2) is 0 Å². The van der Waals surface area contributed by atoms with Crippen molar-refractivity contribution in [3.63, 3.8) is 0 Å². The Labute approximate surface area is 142 Å². The van der Waals surface area contributed by atoms with E-state index in [1.165, 1.54) is 0 Å². The van der Waals surface area contributed by atoms with E-state index in [2.05, 4.69) is 24.3 Å². The maximum atomic E-state index is 6.11. The van der Waals surface area contributed by atoms with E-state index in [-0.39, 0.29) is 0 Å². The largest absolute Gasteiger partial charge is 0.493 e. The highest BCUT2D eigenvalue weighted by molar-refractivity contribution is 6.00.